The van der Waals surface area contributed by atoms with Crippen molar-refractivity contribution in [2.24, 2.45) is 0 Å². The van der Waals surface area contributed by atoms with E-state index in [1.165, 1.54) is 30.3 Å². The molecule has 1 amide bonds. The zero-order valence-corrected chi connectivity index (χ0v) is 13.0. The summed E-state index contributed by atoms with van der Waals surface area (Å²) >= 11 is 0. The number of hydrogen-bond acceptors (Lipinski definition) is 3. The van der Waals surface area contributed by atoms with Crippen LogP contribution in [0.15, 0.2) is 53.4 Å². The first-order valence-electron chi connectivity index (χ1n) is 6.64. The van der Waals surface area contributed by atoms with Gasteiger partial charge < -0.3 is 5.32 Å². The topological polar surface area (TPSA) is 63.2 Å². The van der Waals surface area contributed by atoms with Crippen molar-refractivity contribution in [3.05, 3.63) is 65.5 Å². The number of rotatable bonds is 4. The summed E-state index contributed by atoms with van der Waals surface area (Å²) < 4.78 is 35.9. The van der Waals surface area contributed by atoms with Crippen LogP contribution >= 0.6 is 0 Å². The fourth-order valence-electron chi connectivity index (χ4n) is 2.00. The molecule has 0 spiro atoms. The summed E-state index contributed by atoms with van der Waals surface area (Å²) in [6.07, 6.45) is 1.14. The van der Waals surface area contributed by atoms with Crippen molar-refractivity contribution in [3.8, 4) is 0 Å². The second-order valence-corrected chi connectivity index (χ2v) is 7.06. The predicted molar refractivity (Wildman–Crippen MR) is 81.8 cm³/mol. The van der Waals surface area contributed by atoms with Crippen molar-refractivity contribution in [3.63, 3.8) is 0 Å². The Balaban J connectivity index is 2.12. The van der Waals surface area contributed by atoms with E-state index in [1.54, 1.807) is 19.1 Å². The average molecular weight is 321 g/mol. The van der Waals surface area contributed by atoms with E-state index in [0.717, 1.165) is 17.9 Å². The molecular formula is C16H16FNO3S. The minimum atomic E-state index is -3.25. The molecule has 0 radical (unpaired) electrons. The van der Waals surface area contributed by atoms with Gasteiger partial charge in [0.25, 0.3) is 5.91 Å². The Morgan fingerprint density at radius 1 is 1.14 bits per heavy atom. The van der Waals surface area contributed by atoms with Gasteiger partial charge in [0.2, 0.25) is 0 Å². The van der Waals surface area contributed by atoms with Gasteiger partial charge in [0.1, 0.15) is 5.82 Å². The maximum atomic E-state index is 13.1. The highest BCUT2D eigenvalue weighted by atomic mass is 32.2. The number of benzene rings is 2. The Labute approximate surface area is 128 Å². The van der Waals surface area contributed by atoms with Crippen LogP contribution in [0.1, 0.15) is 28.9 Å². The van der Waals surface area contributed by atoms with Crippen molar-refractivity contribution in [2.75, 3.05) is 6.26 Å². The lowest BCUT2D eigenvalue weighted by molar-refractivity contribution is 0.0939. The molecule has 2 rings (SSSR count). The van der Waals surface area contributed by atoms with Crippen LogP contribution in [0.5, 0.6) is 0 Å². The quantitative estimate of drug-likeness (QED) is 0.942. The van der Waals surface area contributed by atoms with Crippen molar-refractivity contribution in [2.45, 2.75) is 17.9 Å². The van der Waals surface area contributed by atoms with Crippen LogP contribution in [0.3, 0.4) is 0 Å². The van der Waals surface area contributed by atoms with E-state index in [0.29, 0.717) is 0 Å². The maximum Gasteiger partial charge on any atom is 0.251 e. The lowest BCUT2D eigenvalue weighted by Crippen LogP contribution is -2.26. The summed E-state index contributed by atoms with van der Waals surface area (Å²) in [6, 6.07) is 11.4. The van der Waals surface area contributed by atoms with Crippen molar-refractivity contribution >= 4 is 15.7 Å². The predicted octanol–water partition coefficient (Wildman–Crippen LogP) is 2.72. The first-order valence-corrected chi connectivity index (χ1v) is 8.53. The van der Waals surface area contributed by atoms with E-state index in [9.17, 15) is 17.6 Å². The molecule has 0 bridgehead atoms. The van der Waals surface area contributed by atoms with Crippen molar-refractivity contribution in [1.82, 2.24) is 5.32 Å². The normalized spacial score (nSPS) is 12.7. The third kappa shape index (κ3) is 3.92. The average Bonchev–Trinajstić information content (AvgIpc) is 2.46. The maximum absolute atomic E-state index is 13.1. The van der Waals surface area contributed by atoms with Crippen molar-refractivity contribution in [1.29, 1.82) is 0 Å². The number of carbonyl (C=O) groups is 1. The molecule has 0 saturated carbocycles. The zero-order valence-electron chi connectivity index (χ0n) is 12.2. The molecule has 2 aromatic rings. The molecule has 0 saturated heterocycles. The van der Waals surface area contributed by atoms with Crippen LogP contribution in [0.25, 0.3) is 0 Å². The minimum absolute atomic E-state index is 0.222. The monoisotopic (exact) mass is 321 g/mol. The SMILES string of the molecule is CC(NC(=O)c1cccc(F)c1)c1ccc(S(C)(=O)=O)cc1. The summed E-state index contributed by atoms with van der Waals surface area (Å²) in [6.45, 7) is 1.77. The zero-order chi connectivity index (χ0) is 16.3. The Morgan fingerprint density at radius 2 is 1.77 bits per heavy atom. The number of hydrogen-bond donors (Lipinski definition) is 1. The van der Waals surface area contributed by atoms with Crippen LogP contribution < -0.4 is 5.32 Å². The van der Waals surface area contributed by atoms with Crippen LogP contribution in [-0.4, -0.2) is 20.6 Å². The Kier molecular flexibility index (Phi) is 4.61. The molecule has 22 heavy (non-hydrogen) atoms. The standard InChI is InChI=1S/C16H16FNO3S/c1-11(12-6-8-15(9-7-12)22(2,20)21)18-16(19)13-4-3-5-14(17)10-13/h3-11H,1-2H3,(H,18,19). The second kappa shape index (κ2) is 6.27. The molecule has 0 aliphatic carbocycles. The van der Waals surface area contributed by atoms with Gasteiger partial charge in [-0.25, -0.2) is 12.8 Å². The molecule has 4 nitrogen and oxygen atoms in total. The highest BCUT2D eigenvalue weighted by Crippen LogP contribution is 2.17. The summed E-state index contributed by atoms with van der Waals surface area (Å²) in [5.41, 5.74) is 0.997. The van der Waals surface area contributed by atoms with Crippen molar-refractivity contribution < 1.29 is 17.6 Å². The van der Waals surface area contributed by atoms with Gasteiger partial charge in [0.05, 0.1) is 10.9 Å². The van der Waals surface area contributed by atoms with Gasteiger partial charge in [-0.2, -0.15) is 0 Å². The number of nitrogens with one attached hydrogen (secondary N) is 1. The van der Waals surface area contributed by atoms with E-state index < -0.39 is 15.7 Å². The second-order valence-electron chi connectivity index (χ2n) is 5.05. The Hall–Kier alpha value is -2.21. The van der Waals surface area contributed by atoms with Crippen LogP contribution in [-0.2, 0) is 9.84 Å². The summed E-state index contributed by atoms with van der Waals surface area (Å²) in [7, 11) is -3.25. The summed E-state index contributed by atoms with van der Waals surface area (Å²) in [5, 5.41) is 2.74. The smallest absolute Gasteiger partial charge is 0.251 e. The molecule has 2 aromatic carbocycles. The molecule has 1 N–H and O–H groups in total. The first kappa shape index (κ1) is 16.2. The highest BCUT2D eigenvalue weighted by molar-refractivity contribution is 7.90. The highest BCUT2D eigenvalue weighted by Gasteiger charge is 2.13. The lowest BCUT2D eigenvalue weighted by atomic mass is 10.1. The third-order valence-electron chi connectivity index (χ3n) is 3.24. The van der Waals surface area contributed by atoms with Crippen LogP contribution in [0.4, 0.5) is 4.39 Å². The fraction of sp³-hybridized carbons (Fsp3) is 0.188. The summed E-state index contributed by atoms with van der Waals surface area (Å²) in [5.74, 6) is -0.864. The van der Waals surface area contributed by atoms with Gasteiger partial charge in [0, 0.05) is 11.8 Å². The molecule has 0 aromatic heterocycles. The van der Waals surface area contributed by atoms with Gasteiger partial charge in [-0.15, -0.1) is 0 Å². The van der Waals surface area contributed by atoms with E-state index in [-0.39, 0.29) is 22.4 Å². The van der Waals surface area contributed by atoms with E-state index >= 15 is 0 Å². The van der Waals surface area contributed by atoms with Gasteiger partial charge in [-0.05, 0) is 42.8 Å². The van der Waals surface area contributed by atoms with E-state index in [1.807, 2.05) is 0 Å². The molecule has 6 heteroatoms. The molecular weight excluding hydrogens is 305 g/mol. The number of amides is 1. The minimum Gasteiger partial charge on any atom is -0.346 e. The van der Waals surface area contributed by atoms with Crippen LogP contribution in [0.2, 0.25) is 0 Å². The summed E-state index contributed by atoms with van der Waals surface area (Å²) in [4.78, 5) is 12.3. The molecule has 1 atom stereocenters. The largest absolute Gasteiger partial charge is 0.346 e. The Bertz CT molecular complexity index is 785. The molecule has 0 heterocycles. The van der Waals surface area contributed by atoms with Gasteiger partial charge in [0.15, 0.2) is 9.84 Å². The van der Waals surface area contributed by atoms with E-state index in [4.69, 9.17) is 0 Å². The number of carbonyl (C=O) groups excluding carboxylic acids is 1. The Morgan fingerprint density at radius 3 is 2.32 bits per heavy atom. The molecule has 116 valence electrons. The fourth-order valence-corrected chi connectivity index (χ4v) is 2.63. The molecule has 0 fully saturated rings. The lowest BCUT2D eigenvalue weighted by Gasteiger charge is -2.15. The van der Waals surface area contributed by atoms with Crippen LogP contribution in [0, 0.1) is 5.82 Å². The first-order chi connectivity index (χ1) is 10.3. The molecule has 0 aliphatic heterocycles. The van der Waals surface area contributed by atoms with Gasteiger partial charge >= 0.3 is 0 Å². The van der Waals surface area contributed by atoms with Gasteiger partial charge in [-0.1, -0.05) is 18.2 Å². The van der Waals surface area contributed by atoms with Gasteiger partial charge in [-0.3, -0.25) is 4.79 Å². The third-order valence-corrected chi connectivity index (χ3v) is 4.37. The molecule has 0 aliphatic rings. The number of sulfone groups is 1. The van der Waals surface area contributed by atoms with E-state index in [2.05, 4.69) is 5.32 Å². The number of halogens is 1. The molecule has 1 unspecified atom stereocenters.